The summed E-state index contributed by atoms with van der Waals surface area (Å²) in [5.41, 5.74) is 1.49. The lowest BCUT2D eigenvalue weighted by atomic mass is 10.2. The first-order valence-electron chi connectivity index (χ1n) is 9.83. The van der Waals surface area contributed by atoms with E-state index in [0.29, 0.717) is 31.3 Å². The second-order valence-electron chi connectivity index (χ2n) is 6.71. The van der Waals surface area contributed by atoms with Crippen LogP contribution in [0.1, 0.15) is 12.8 Å². The van der Waals surface area contributed by atoms with Crippen molar-refractivity contribution in [2.75, 3.05) is 50.7 Å². The van der Waals surface area contributed by atoms with Crippen LogP contribution in [0.15, 0.2) is 48.5 Å². The van der Waals surface area contributed by atoms with Crippen molar-refractivity contribution in [1.29, 1.82) is 0 Å². The van der Waals surface area contributed by atoms with Gasteiger partial charge in [0, 0.05) is 19.4 Å². The molecule has 2 aromatic carbocycles. The van der Waals surface area contributed by atoms with Crippen LogP contribution in [0.3, 0.4) is 0 Å². The summed E-state index contributed by atoms with van der Waals surface area (Å²) in [6.45, 7) is 2.47. The minimum atomic E-state index is -0.146. The van der Waals surface area contributed by atoms with Gasteiger partial charge >= 0.3 is 0 Å². The first kappa shape index (κ1) is 21.0. The van der Waals surface area contributed by atoms with E-state index in [4.69, 9.17) is 18.9 Å². The van der Waals surface area contributed by atoms with Gasteiger partial charge in [-0.25, -0.2) is 0 Å². The summed E-state index contributed by atoms with van der Waals surface area (Å²) in [5, 5.41) is 6.00. The minimum Gasteiger partial charge on any atom is -0.491 e. The standard InChI is InChI=1S/C22H28N2O5/c1-26-13-14-28-18-10-8-17(9-11-18)24-22(25)15-23-20-6-2-3-7-21(20)29-16-19-5-4-12-27-19/h2-3,6-11,19,23H,4-5,12-16H2,1H3,(H,24,25). The number of methoxy groups -OCH3 is 1. The van der Waals surface area contributed by atoms with Gasteiger partial charge in [0.15, 0.2) is 0 Å². The van der Waals surface area contributed by atoms with Gasteiger partial charge in [0.05, 0.1) is 24.9 Å². The van der Waals surface area contributed by atoms with Gasteiger partial charge in [-0.3, -0.25) is 4.79 Å². The summed E-state index contributed by atoms with van der Waals surface area (Å²) in [6, 6.07) is 14.8. The lowest BCUT2D eigenvalue weighted by molar-refractivity contribution is -0.114. The molecule has 1 saturated heterocycles. The molecule has 1 aliphatic rings. The number of anilines is 2. The Kier molecular flexibility index (Phi) is 8.15. The van der Waals surface area contributed by atoms with Crippen molar-refractivity contribution in [3.63, 3.8) is 0 Å². The number of amides is 1. The van der Waals surface area contributed by atoms with E-state index < -0.39 is 0 Å². The summed E-state index contributed by atoms with van der Waals surface area (Å²) < 4.78 is 21.9. The Morgan fingerprint density at radius 1 is 1.10 bits per heavy atom. The maximum absolute atomic E-state index is 12.3. The van der Waals surface area contributed by atoms with Crippen molar-refractivity contribution < 1.29 is 23.7 Å². The molecule has 3 rings (SSSR count). The van der Waals surface area contributed by atoms with Crippen molar-refractivity contribution in [2.24, 2.45) is 0 Å². The second kappa shape index (κ2) is 11.3. The highest BCUT2D eigenvalue weighted by molar-refractivity contribution is 5.94. The third-order valence-electron chi connectivity index (χ3n) is 4.47. The van der Waals surface area contributed by atoms with Crippen LogP contribution >= 0.6 is 0 Å². The Balaban J connectivity index is 1.45. The van der Waals surface area contributed by atoms with Crippen molar-refractivity contribution in [2.45, 2.75) is 18.9 Å². The lowest BCUT2D eigenvalue weighted by Crippen LogP contribution is -2.22. The van der Waals surface area contributed by atoms with Gasteiger partial charge in [0.1, 0.15) is 24.7 Å². The number of hydrogen-bond acceptors (Lipinski definition) is 6. The molecule has 29 heavy (non-hydrogen) atoms. The molecule has 0 aromatic heterocycles. The molecule has 0 aliphatic carbocycles. The van der Waals surface area contributed by atoms with E-state index in [1.807, 2.05) is 36.4 Å². The monoisotopic (exact) mass is 400 g/mol. The molecule has 1 fully saturated rings. The Morgan fingerprint density at radius 2 is 1.93 bits per heavy atom. The number of ether oxygens (including phenoxy) is 4. The summed E-state index contributed by atoms with van der Waals surface area (Å²) >= 11 is 0. The summed E-state index contributed by atoms with van der Waals surface area (Å²) in [7, 11) is 1.63. The Bertz CT molecular complexity index is 760. The molecule has 0 spiro atoms. The van der Waals surface area contributed by atoms with Gasteiger partial charge < -0.3 is 29.6 Å². The van der Waals surface area contributed by atoms with E-state index in [-0.39, 0.29) is 18.6 Å². The average Bonchev–Trinajstić information content (AvgIpc) is 3.26. The predicted molar refractivity (Wildman–Crippen MR) is 112 cm³/mol. The molecule has 1 atom stereocenters. The molecule has 1 heterocycles. The number of para-hydroxylation sites is 2. The van der Waals surface area contributed by atoms with Crippen LogP contribution in [-0.4, -0.2) is 52.1 Å². The van der Waals surface area contributed by atoms with Crippen LogP contribution in [0.4, 0.5) is 11.4 Å². The highest BCUT2D eigenvalue weighted by Gasteiger charge is 2.16. The highest BCUT2D eigenvalue weighted by atomic mass is 16.5. The smallest absolute Gasteiger partial charge is 0.243 e. The van der Waals surface area contributed by atoms with Crippen LogP contribution in [0.2, 0.25) is 0 Å². The van der Waals surface area contributed by atoms with Gasteiger partial charge in [-0.05, 0) is 49.2 Å². The van der Waals surface area contributed by atoms with Crippen molar-refractivity contribution >= 4 is 17.3 Å². The first-order valence-corrected chi connectivity index (χ1v) is 9.83. The van der Waals surface area contributed by atoms with Crippen molar-refractivity contribution in [1.82, 2.24) is 0 Å². The van der Waals surface area contributed by atoms with Crippen molar-refractivity contribution in [3.8, 4) is 11.5 Å². The number of carbonyl (C=O) groups excluding carboxylic acids is 1. The van der Waals surface area contributed by atoms with Gasteiger partial charge in [-0.2, -0.15) is 0 Å². The zero-order chi connectivity index (χ0) is 20.3. The van der Waals surface area contributed by atoms with E-state index in [1.165, 1.54) is 0 Å². The van der Waals surface area contributed by atoms with E-state index in [0.717, 1.165) is 30.9 Å². The highest BCUT2D eigenvalue weighted by Crippen LogP contribution is 2.25. The summed E-state index contributed by atoms with van der Waals surface area (Å²) in [5.74, 6) is 1.30. The molecule has 1 amide bonds. The van der Waals surface area contributed by atoms with Gasteiger partial charge in [-0.1, -0.05) is 12.1 Å². The topological polar surface area (TPSA) is 78.1 Å². The Labute approximate surface area is 171 Å². The quantitative estimate of drug-likeness (QED) is 0.564. The maximum Gasteiger partial charge on any atom is 0.243 e. The molecule has 156 valence electrons. The molecule has 0 saturated carbocycles. The lowest BCUT2D eigenvalue weighted by Gasteiger charge is -2.15. The first-order chi connectivity index (χ1) is 14.2. The normalized spacial score (nSPS) is 15.7. The Hall–Kier alpha value is -2.77. The van der Waals surface area contributed by atoms with E-state index in [9.17, 15) is 4.79 Å². The minimum absolute atomic E-state index is 0.131. The number of rotatable bonds is 11. The predicted octanol–water partition coefficient (Wildman–Crippen LogP) is 3.32. The second-order valence-corrected chi connectivity index (χ2v) is 6.71. The molecule has 1 unspecified atom stereocenters. The zero-order valence-corrected chi connectivity index (χ0v) is 16.7. The largest absolute Gasteiger partial charge is 0.491 e. The van der Waals surface area contributed by atoms with Crippen LogP contribution in [-0.2, 0) is 14.3 Å². The number of carbonyl (C=O) groups is 1. The van der Waals surface area contributed by atoms with Crippen molar-refractivity contribution in [3.05, 3.63) is 48.5 Å². The molecule has 7 nitrogen and oxygen atoms in total. The molecule has 2 N–H and O–H groups in total. The third-order valence-corrected chi connectivity index (χ3v) is 4.47. The molecule has 7 heteroatoms. The summed E-state index contributed by atoms with van der Waals surface area (Å²) in [6.07, 6.45) is 2.25. The van der Waals surface area contributed by atoms with Crippen LogP contribution in [0.25, 0.3) is 0 Å². The zero-order valence-electron chi connectivity index (χ0n) is 16.7. The van der Waals surface area contributed by atoms with Gasteiger partial charge in [-0.15, -0.1) is 0 Å². The van der Waals surface area contributed by atoms with Crippen LogP contribution in [0.5, 0.6) is 11.5 Å². The molecule has 2 aromatic rings. The fraction of sp³-hybridized carbons (Fsp3) is 0.409. The molecule has 1 aliphatic heterocycles. The number of nitrogens with one attached hydrogen (secondary N) is 2. The van der Waals surface area contributed by atoms with Crippen LogP contribution in [0, 0.1) is 0 Å². The fourth-order valence-corrected chi connectivity index (χ4v) is 2.96. The molecule has 0 bridgehead atoms. The maximum atomic E-state index is 12.3. The molecular formula is C22H28N2O5. The van der Waals surface area contributed by atoms with E-state index >= 15 is 0 Å². The van der Waals surface area contributed by atoms with E-state index in [1.54, 1.807) is 19.2 Å². The SMILES string of the molecule is COCCOc1ccc(NC(=O)CNc2ccccc2OCC2CCCO2)cc1. The summed E-state index contributed by atoms with van der Waals surface area (Å²) in [4.78, 5) is 12.3. The van der Waals surface area contributed by atoms with Gasteiger partial charge in [0.2, 0.25) is 5.91 Å². The third kappa shape index (κ3) is 6.96. The van der Waals surface area contributed by atoms with Gasteiger partial charge in [0.25, 0.3) is 0 Å². The number of benzene rings is 2. The van der Waals surface area contributed by atoms with E-state index in [2.05, 4.69) is 10.6 Å². The van der Waals surface area contributed by atoms with Crippen LogP contribution < -0.4 is 20.1 Å². The molecule has 0 radical (unpaired) electrons. The average molecular weight is 400 g/mol. The number of hydrogen-bond donors (Lipinski definition) is 2. The fourth-order valence-electron chi connectivity index (χ4n) is 2.96. The Morgan fingerprint density at radius 3 is 2.69 bits per heavy atom. The molecular weight excluding hydrogens is 372 g/mol.